The van der Waals surface area contributed by atoms with Crippen molar-refractivity contribution in [1.29, 1.82) is 0 Å². The predicted molar refractivity (Wildman–Crippen MR) is 119 cm³/mol. The number of ether oxygens (including phenoxy) is 1. The number of nitrogens with two attached hydrogens (primary N) is 2. The molecule has 0 aliphatic rings. The molecule has 4 rings (SSSR count). The largest absolute Gasteiger partial charge is 0.491 e. The normalized spacial score (nSPS) is 10.9. The summed E-state index contributed by atoms with van der Waals surface area (Å²) < 4.78 is 19.7. The van der Waals surface area contributed by atoms with Gasteiger partial charge in [0.25, 0.3) is 5.91 Å². The van der Waals surface area contributed by atoms with Gasteiger partial charge in [0.15, 0.2) is 5.01 Å². The van der Waals surface area contributed by atoms with Gasteiger partial charge >= 0.3 is 0 Å². The maximum absolute atomic E-state index is 13.1. The maximum atomic E-state index is 13.1. The lowest BCUT2D eigenvalue weighted by molar-refractivity contribution is 0.102. The Morgan fingerprint density at radius 3 is 2.71 bits per heavy atom. The third kappa shape index (κ3) is 4.76. The lowest BCUT2D eigenvalue weighted by Crippen LogP contribution is -2.11. The Morgan fingerprint density at radius 1 is 1.16 bits per heavy atom. The molecule has 31 heavy (non-hydrogen) atoms. The molecule has 0 spiro atoms. The van der Waals surface area contributed by atoms with Crippen LogP contribution in [0.5, 0.6) is 5.75 Å². The van der Waals surface area contributed by atoms with Crippen LogP contribution in [0.2, 0.25) is 0 Å². The number of nitrogens with zero attached hydrogens (tertiary/aromatic N) is 3. The summed E-state index contributed by atoms with van der Waals surface area (Å²) in [5, 5.41) is 2.97. The number of hydrogen-bond acceptors (Lipinski definition) is 8. The molecule has 0 unspecified atom stereocenters. The highest BCUT2D eigenvalue weighted by atomic mass is 32.1. The first-order valence-corrected chi connectivity index (χ1v) is 10.3. The second kappa shape index (κ2) is 9.02. The Hall–Kier alpha value is -3.63. The molecule has 158 valence electrons. The lowest BCUT2D eigenvalue weighted by atomic mass is 10.1. The SMILES string of the molecule is NCCCOc1cc(-c2ccnc(N)n2)cc2sc(C(=O)Nc3ccc(F)cc3)nc12. The molecule has 0 saturated carbocycles. The van der Waals surface area contributed by atoms with Gasteiger partial charge in [-0.05, 0) is 55.4 Å². The Balaban J connectivity index is 1.70. The van der Waals surface area contributed by atoms with Gasteiger partial charge in [-0.3, -0.25) is 4.79 Å². The van der Waals surface area contributed by atoms with Crippen molar-refractivity contribution in [2.45, 2.75) is 6.42 Å². The molecule has 10 heteroatoms. The number of amides is 1. The number of nitrogen functional groups attached to an aromatic ring is 1. The summed E-state index contributed by atoms with van der Waals surface area (Å²) in [5.74, 6) is -0.0919. The Bertz CT molecular complexity index is 1230. The van der Waals surface area contributed by atoms with E-state index in [-0.39, 0.29) is 16.8 Å². The van der Waals surface area contributed by atoms with Crippen LogP contribution in [0.15, 0.2) is 48.7 Å². The van der Waals surface area contributed by atoms with Crippen molar-refractivity contribution in [3.63, 3.8) is 0 Å². The molecule has 8 nitrogen and oxygen atoms in total. The standard InChI is InChI=1S/C21H19FN6O2S/c22-13-2-4-14(5-3-13)26-19(29)20-28-18-16(30-9-1-7-23)10-12(11-17(18)31-20)15-6-8-25-21(24)27-15/h2-6,8,10-11H,1,7,9,23H2,(H,26,29)(H2,24,25,27). The average Bonchev–Trinajstić information content (AvgIpc) is 3.20. The minimum absolute atomic E-state index is 0.159. The van der Waals surface area contributed by atoms with Gasteiger partial charge in [-0.25, -0.2) is 19.3 Å². The van der Waals surface area contributed by atoms with Crippen LogP contribution >= 0.6 is 11.3 Å². The summed E-state index contributed by atoms with van der Waals surface area (Å²) >= 11 is 1.22. The summed E-state index contributed by atoms with van der Waals surface area (Å²) in [6.07, 6.45) is 2.25. The number of rotatable bonds is 7. The molecule has 0 aliphatic carbocycles. The predicted octanol–water partition coefficient (Wildman–Crippen LogP) is 3.45. The monoisotopic (exact) mass is 438 g/mol. The van der Waals surface area contributed by atoms with Crippen molar-refractivity contribution in [1.82, 2.24) is 15.0 Å². The third-order valence-corrected chi connectivity index (χ3v) is 5.33. The van der Waals surface area contributed by atoms with E-state index in [1.54, 1.807) is 12.3 Å². The lowest BCUT2D eigenvalue weighted by Gasteiger charge is -2.09. The number of thiazole rings is 1. The van der Waals surface area contributed by atoms with E-state index in [9.17, 15) is 9.18 Å². The first-order chi connectivity index (χ1) is 15.0. The Labute approximate surface area is 181 Å². The van der Waals surface area contributed by atoms with E-state index < -0.39 is 5.91 Å². The van der Waals surface area contributed by atoms with Crippen molar-refractivity contribution in [2.24, 2.45) is 5.73 Å². The second-order valence-electron chi connectivity index (χ2n) is 6.59. The van der Waals surface area contributed by atoms with E-state index in [0.717, 1.165) is 10.3 Å². The van der Waals surface area contributed by atoms with E-state index in [1.807, 2.05) is 12.1 Å². The minimum atomic E-state index is -0.395. The molecule has 0 aliphatic heterocycles. The fraction of sp³-hybridized carbons (Fsp3) is 0.143. The van der Waals surface area contributed by atoms with Crippen molar-refractivity contribution >= 4 is 39.1 Å². The van der Waals surface area contributed by atoms with Crippen LogP contribution in [0.4, 0.5) is 16.0 Å². The van der Waals surface area contributed by atoms with E-state index in [2.05, 4.69) is 20.3 Å². The quantitative estimate of drug-likeness (QED) is 0.377. The minimum Gasteiger partial charge on any atom is -0.491 e. The number of aromatic nitrogens is 3. The van der Waals surface area contributed by atoms with Gasteiger partial charge < -0.3 is 21.5 Å². The summed E-state index contributed by atoms with van der Waals surface area (Å²) in [6, 6.07) is 10.9. The van der Waals surface area contributed by atoms with E-state index >= 15 is 0 Å². The molecule has 2 heterocycles. The van der Waals surface area contributed by atoms with Crippen LogP contribution in [0.25, 0.3) is 21.5 Å². The number of halogens is 1. The number of carbonyl (C=O) groups excluding carboxylic acids is 1. The Kier molecular flexibility index (Phi) is 6.01. The van der Waals surface area contributed by atoms with Gasteiger partial charge in [-0.2, -0.15) is 0 Å². The molecule has 4 aromatic rings. The van der Waals surface area contributed by atoms with Crippen molar-refractivity contribution in [2.75, 3.05) is 24.2 Å². The third-order valence-electron chi connectivity index (χ3n) is 4.33. The number of benzene rings is 2. The van der Waals surface area contributed by atoms with Gasteiger partial charge in [0.1, 0.15) is 17.1 Å². The molecule has 2 aromatic carbocycles. The molecule has 0 atom stereocenters. The topological polar surface area (TPSA) is 129 Å². The van der Waals surface area contributed by atoms with Crippen LogP contribution in [-0.4, -0.2) is 34.0 Å². The fourth-order valence-electron chi connectivity index (χ4n) is 2.87. The van der Waals surface area contributed by atoms with Crippen LogP contribution in [0.3, 0.4) is 0 Å². The van der Waals surface area contributed by atoms with Crippen molar-refractivity contribution < 1.29 is 13.9 Å². The van der Waals surface area contributed by atoms with Crippen LogP contribution in [0, 0.1) is 5.82 Å². The molecule has 0 saturated heterocycles. The molecule has 0 radical (unpaired) electrons. The highest BCUT2D eigenvalue weighted by Gasteiger charge is 2.18. The first kappa shape index (κ1) is 20.6. The van der Waals surface area contributed by atoms with E-state index in [1.165, 1.54) is 35.6 Å². The number of carbonyl (C=O) groups is 1. The molecule has 1 amide bonds. The van der Waals surface area contributed by atoms with Gasteiger partial charge in [-0.1, -0.05) is 0 Å². The zero-order valence-corrected chi connectivity index (χ0v) is 17.2. The summed E-state index contributed by atoms with van der Waals surface area (Å²) in [6.45, 7) is 0.906. The van der Waals surface area contributed by atoms with E-state index in [4.69, 9.17) is 16.2 Å². The average molecular weight is 438 g/mol. The summed E-state index contributed by atoms with van der Waals surface area (Å²) in [4.78, 5) is 25.3. The Morgan fingerprint density at radius 2 is 1.97 bits per heavy atom. The van der Waals surface area contributed by atoms with Gasteiger partial charge in [0.2, 0.25) is 5.95 Å². The summed E-state index contributed by atoms with van der Waals surface area (Å²) in [7, 11) is 0. The maximum Gasteiger partial charge on any atom is 0.284 e. The van der Waals surface area contributed by atoms with Gasteiger partial charge in [0, 0.05) is 17.4 Å². The molecule has 2 aromatic heterocycles. The number of hydrogen-bond donors (Lipinski definition) is 3. The molecule has 5 N–H and O–H groups in total. The zero-order valence-electron chi connectivity index (χ0n) is 16.3. The van der Waals surface area contributed by atoms with Crippen molar-refractivity contribution in [3.8, 4) is 17.0 Å². The van der Waals surface area contributed by atoms with Crippen LogP contribution < -0.4 is 21.5 Å². The molecule has 0 fully saturated rings. The number of anilines is 2. The zero-order chi connectivity index (χ0) is 21.8. The van der Waals surface area contributed by atoms with Gasteiger partial charge in [0.05, 0.1) is 17.0 Å². The first-order valence-electron chi connectivity index (χ1n) is 9.47. The van der Waals surface area contributed by atoms with Crippen LogP contribution in [0.1, 0.15) is 16.2 Å². The summed E-state index contributed by atoms with van der Waals surface area (Å²) in [5.41, 5.74) is 13.7. The molecule has 0 bridgehead atoms. The molecular formula is C21H19FN6O2S. The smallest absolute Gasteiger partial charge is 0.284 e. The van der Waals surface area contributed by atoms with Gasteiger partial charge in [-0.15, -0.1) is 11.3 Å². The highest BCUT2D eigenvalue weighted by molar-refractivity contribution is 7.20. The van der Waals surface area contributed by atoms with Crippen LogP contribution in [-0.2, 0) is 0 Å². The molecular weight excluding hydrogens is 419 g/mol. The van der Waals surface area contributed by atoms with E-state index in [0.29, 0.717) is 42.2 Å². The highest BCUT2D eigenvalue weighted by Crippen LogP contribution is 2.35. The number of nitrogens with one attached hydrogen (secondary N) is 1. The second-order valence-corrected chi connectivity index (χ2v) is 7.62. The fourth-order valence-corrected chi connectivity index (χ4v) is 3.79. The number of fused-ring (bicyclic) bond motifs is 1. The van der Waals surface area contributed by atoms with Crippen molar-refractivity contribution in [3.05, 3.63) is 59.5 Å².